The first-order valence-corrected chi connectivity index (χ1v) is 12.8. The van der Waals surface area contributed by atoms with E-state index in [0.717, 1.165) is 33.2 Å². The average Bonchev–Trinajstić information content (AvgIpc) is 3.46. The van der Waals surface area contributed by atoms with Gasteiger partial charge in [-0.15, -0.1) is 0 Å². The maximum absolute atomic E-state index is 12.4. The van der Waals surface area contributed by atoms with Crippen LogP contribution >= 0.6 is 15.9 Å². The number of carbonyl (C=O) groups is 1. The third-order valence-corrected chi connectivity index (χ3v) is 7.80. The summed E-state index contributed by atoms with van der Waals surface area (Å²) in [6, 6.07) is 37.9. The van der Waals surface area contributed by atoms with Crippen molar-refractivity contribution >= 4 is 65.5 Å². The van der Waals surface area contributed by atoms with Gasteiger partial charge in [-0.1, -0.05) is 54.6 Å². The van der Waals surface area contributed by atoms with Crippen molar-refractivity contribution in [2.24, 2.45) is 0 Å². The molecule has 0 N–H and O–H groups in total. The molecule has 5 heteroatoms. The fourth-order valence-electron chi connectivity index (χ4n) is 5.50. The fourth-order valence-corrected chi connectivity index (χ4v) is 5.91. The summed E-state index contributed by atoms with van der Waals surface area (Å²) >= 11 is 3.49. The molecule has 5 aromatic carbocycles. The van der Waals surface area contributed by atoms with Gasteiger partial charge in [0.1, 0.15) is 0 Å². The largest absolute Gasteiger partial charge is 0.465 e. The second-order valence-electron chi connectivity index (χ2n) is 9.08. The van der Waals surface area contributed by atoms with E-state index in [4.69, 9.17) is 4.74 Å². The number of hydrogen-bond donors (Lipinski definition) is 0. The number of para-hydroxylation sites is 3. The number of benzene rings is 5. The van der Waals surface area contributed by atoms with Gasteiger partial charge in [-0.3, -0.25) is 0 Å². The van der Waals surface area contributed by atoms with Crippen molar-refractivity contribution in [2.75, 3.05) is 7.11 Å². The minimum Gasteiger partial charge on any atom is -0.465 e. The van der Waals surface area contributed by atoms with E-state index in [1.807, 2.05) is 24.3 Å². The molecule has 178 valence electrons. The lowest BCUT2D eigenvalue weighted by Gasteiger charge is -2.12. The van der Waals surface area contributed by atoms with E-state index >= 15 is 0 Å². The summed E-state index contributed by atoms with van der Waals surface area (Å²) < 4.78 is 10.3. The molecule has 0 aliphatic carbocycles. The van der Waals surface area contributed by atoms with Gasteiger partial charge in [0.05, 0.1) is 34.7 Å². The fraction of sp³-hybridized carbons (Fsp3) is 0.0312. The molecule has 0 atom stereocenters. The Morgan fingerprint density at radius 2 is 1.05 bits per heavy atom. The van der Waals surface area contributed by atoms with Gasteiger partial charge < -0.3 is 13.9 Å². The van der Waals surface area contributed by atoms with Crippen LogP contribution < -0.4 is 0 Å². The summed E-state index contributed by atoms with van der Waals surface area (Å²) in [6.45, 7) is 0. The molecule has 0 aliphatic heterocycles. The van der Waals surface area contributed by atoms with E-state index in [9.17, 15) is 4.79 Å². The zero-order valence-electron chi connectivity index (χ0n) is 20.0. The smallest absolute Gasteiger partial charge is 0.339 e. The molecule has 0 spiro atoms. The van der Waals surface area contributed by atoms with Crippen LogP contribution in [0.2, 0.25) is 0 Å². The quantitative estimate of drug-likeness (QED) is 0.209. The summed E-state index contributed by atoms with van der Waals surface area (Å²) in [6.07, 6.45) is 0. The average molecular weight is 545 g/mol. The highest BCUT2D eigenvalue weighted by Gasteiger charge is 2.18. The molecule has 2 aromatic heterocycles. The second-order valence-corrected chi connectivity index (χ2v) is 9.93. The summed E-state index contributed by atoms with van der Waals surface area (Å²) in [5, 5.41) is 4.79. The molecule has 2 heterocycles. The highest BCUT2D eigenvalue weighted by molar-refractivity contribution is 9.10. The van der Waals surface area contributed by atoms with Gasteiger partial charge >= 0.3 is 5.97 Å². The normalized spacial score (nSPS) is 11.6. The molecule has 37 heavy (non-hydrogen) atoms. The SMILES string of the molecule is COC(=O)c1cc(-n2c3ccccc3c3cc(-n4c5ccccc5c5ccccc54)ccc32)ccc1Br. The first kappa shape index (κ1) is 21.9. The van der Waals surface area contributed by atoms with E-state index in [1.54, 1.807) is 0 Å². The molecule has 0 fully saturated rings. The Kier molecular flexibility index (Phi) is 4.94. The Balaban J connectivity index is 1.53. The van der Waals surface area contributed by atoms with Crippen LogP contribution in [0.25, 0.3) is 55.0 Å². The maximum atomic E-state index is 12.4. The lowest BCUT2D eigenvalue weighted by molar-refractivity contribution is 0.0599. The van der Waals surface area contributed by atoms with E-state index in [-0.39, 0.29) is 5.97 Å². The first-order chi connectivity index (χ1) is 18.2. The molecular weight excluding hydrogens is 524 g/mol. The number of rotatable bonds is 3. The molecule has 0 amide bonds. The van der Waals surface area contributed by atoms with Gasteiger partial charge in [-0.05, 0) is 70.5 Å². The number of halogens is 1. The van der Waals surface area contributed by atoms with Crippen molar-refractivity contribution in [3.63, 3.8) is 0 Å². The number of fused-ring (bicyclic) bond motifs is 6. The lowest BCUT2D eigenvalue weighted by atomic mass is 10.1. The number of nitrogens with zero attached hydrogens (tertiary/aromatic N) is 2. The van der Waals surface area contributed by atoms with Gasteiger partial charge in [0.15, 0.2) is 0 Å². The number of esters is 1. The third kappa shape index (κ3) is 3.24. The Labute approximate surface area is 221 Å². The van der Waals surface area contributed by atoms with E-state index < -0.39 is 0 Å². The van der Waals surface area contributed by atoms with Gasteiger partial charge in [0.25, 0.3) is 0 Å². The monoisotopic (exact) mass is 544 g/mol. The molecule has 0 radical (unpaired) electrons. The van der Waals surface area contributed by atoms with Crippen LogP contribution in [0.15, 0.2) is 114 Å². The van der Waals surface area contributed by atoms with Crippen LogP contribution in [0.5, 0.6) is 0 Å². The van der Waals surface area contributed by atoms with Crippen LogP contribution in [-0.2, 0) is 4.74 Å². The molecule has 4 nitrogen and oxygen atoms in total. The number of carbonyl (C=O) groups excluding carboxylic acids is 1. The van der Waals surface area contributed by atoms with E-state index in [0.29, 0.717) is 10.0 Å². The summed E-state index contributed by atoms with van der Waals surface area (Å²) in [5.74, 6) is -0.372. The minimum absolute atomic E-state index is 0.372. The molecule has 0 bridgehead atoms. The Bertz CT molecular complexity index is 1960. The van der Waals surface area contributed by atoms with Crippen LogP contribution in [0.3, 0.4) is 0 Å². The number of aromatic nitrogens is 2. The molecular formula is C32H21BrN2O2. The molecule has 0 saturated carbocycles. The number of ether oxygens (including phenoxy) is 1. The predicted octanol–water partition coefficient (Wildman–Crippen LogP) is 8.43. The van der Waals surface area contributed by atoms with Gasteiger partial charge in [0, 0.05) is 37.4 Å². The van der Waals surface area contributed by atoms with Gasteiger partial charge in [-0.25, -0.2) is 4.79 Å². The van der Waals surface area contributed by atoms with Crippen LogP contribution in [0, 0.1) is 0 Å². The second kappa shape index (κ2) is 8.36. The highest BCUT2D eigenvalue weighted by atomic mass is 79.9. The van der Waals surface area contributed by atoms with Crippen molar-refractivity contribution in [3.05, 3.63) is 119 Å². The zero-order chi connectivity index (χ0) is 25.1. The Morgan fingerprint density at radius 1 is 0.595 bits per heavy atom. The topological polar surface area (TPSA) is 36.2 Å². The Hall–Kier alpha value is -4.35. The van der Waals surface area contributed by atoms with Crippen molar-refractivity contribution in [1.82, 2.24) is 9.13 Å². The standard InChI is InChI=1S/C32H21BrN2O2/c1-37-32(36)26-19-20(14-16-27(26)33)35-30-13-7-4-10-24(30)25-18-21(15-17-31(25)35)34-28-11-5-2-8-22(28)23-9-3-6-12-29(23)34/h2-19H,1H3. The number of methoxy groups -OCH3 is 1. The zero-order valence-corrected chi connectivity index (χ0v) is 21.6. The maximum Gasteiger partial charge on any atom is 0.339 e. The van der Waals surface area contributed by atoms with E-state index in [1.165, 1.54) is 28.9 Å². The molecule has 0 unspecified atom stereocenters. The van der Waals surface area contributed by atoms with Crippen molar-refractivity contribution in [1.29, 1.82) is 0 Å². The summed E-state index contributed by atoms with van der Waals surface area (Å²) in [7, 11) is 1.40. The third-order valence-electron chi connectivity index (χ3n) is 7.11. The van der Waals surface area contributed by atoms with Crippen LogP contribution in [0.1, 0.15) is 10.4 Å². The van der Waals surface area contributed by atoms with Crippen molar-refractivity contribution < 1.29 is 9.53 Å². The number of hydrogen-bond acceptors (Lipinski definition) is 2. The minimum atomic E-state index is -0.372. The first-order valence-electron chi connectivity index (χ1n) is 12.1. The van der Waals surface area contributed by atoms with Crippen LogP contribution in [-0.4, -0.2) is 22.2 Å². The van der Waals surface area contributed by atoms with Gasteiger partial charge in [-0.2, -0.15) is 0 Å². The summed E-state index contributed by atoms with van der Waals surface area (Å²) in [4.78, 5) is 12.4. The molecule has 7 aromatic rings. The summed E-state index contributed by atoms with van der Waals surface area (Å²) in [5.41, 5.74) is 7.02. The van der Waals surface area contributed by atoms with Crippen LogP contribution in [0.4, 0.5) is 0 Å². The van der Waals surface area contributed by atoms with E-state index in [2.05, 4.69) is 110 Å². The lowest BCUT2D eigenvalue weighted by Crippen LogP contribution is -2.04. The Morgan fingerprint density at radius 3 is 1.62 bits per heavy atom. The molecule has 0 aliphatic rings. The van der Waals surface area contributed by atoms with Crippen molar-refractivity contribution in [2.45, 2.75) is 0 Å². The highest BCUT2D eigenvalue weighted by Crippen LogP contribution is 2.37. The predicted molar refractivity (Wildman–Crippen MR) is 154 cm³/mol. The molecule has 0 saturated heterocycles. The van der Waals surface area contributed by atoms with Crippen molar-refractivity contribution in [3.8, 4) is 11.4 Å². The van der Waals surface area contributed by atoms with Gasteiger partial charge in [0.2, 0.25) is 0 Å². The molecule has 7 rings (SSSR count).